The monoisotopic (exact) mass is 452 g/mol. The molecule has 2 fully saturated rings. The zero-order valence-electron chi connectivity index (χ0n) is 18.7. The molecule has 1 aromatic carbocycles. The summed E-state index contributed by atoms with van der Waals surface area (Å²) in [4.78, 5) is 29.1. The summed E-state index contributed by atoms with van der Waals surface area (Å²) < 4.78 is 36.4. The highest BCUT2D eigenvalue weighted by atomic mass is 32.2. The summed E-state index contributed by atoms with van der Waals surface area (Å²) in [5, 5.41) is 0. The molecule has 0 radical (unpaired) electrons. The van der Waals surface area contributed by atoms with Crippen LogP contribution in [0.2, 0.25) is 0 Å². The lowest BCUT2D eigenvalue weighted by atomic mass is 10.1. The smallest absolute Gasteiger partial charge is 0.411 e. The molecule has 0 unspecified atom stereocenters. The summed E-state index contributed by atoms with van der Waals surface area (Å²) in [5.41, 5.74) is 0.200. The Hall–Kier alpha value is -2.13. The zero-order valence-corrected chi connectivity index (χ0v) is 19.5. The fourth-order valence-corrected chi connectivity index (χ4v) is 4.97. The maximum absolute atomic E-state index is 13.2. The number of carbonyl (C=O) groups is 2. The molecule has 0 N–H and O–H groups in total. The Morgan fingerprint density at radius 2 is 1.65 bits per heavy atom. The summed E-state index contributed by atoms with van der Waals surface area (Å²) in [6.07, 6.45) is 1.57. The number of likely N-dealkylation sites (tertiary alicyclic amines) is 2. The molecule has 172 valence electrons. The maximum atomic E-state index is 13.2. The summed E-state index contributed by atoms with van der Waals surface area (Å²) in [5.74, 6) is -0.176. The van der Waals surface area contributed by atoms with Gasteiger partial charge in [-0.3, -0.25) is 13.9 Å². The molecular formula is C22H32N2O6S. The van der Waals surface area contributed by atoms with Gasteiger partial charge in [-0.25, -0.2) is 4.79 Å². The molecule has 2 heterocycles. The van der Waals surface area contributed by atoms with Crippen molar-refractivity contribution in [2.75, 3.05) is 19.6 Å². The van der Waals surface area contributed by atoms with E-state index in [2.05, 4.69) is 0 Å². The summed E-state index contributed by atoms with van der Waals surface area (Å²) >= 11 is 0. The van der Waals surface area contributed by atoms with Gasteiger partial charge in [0.05, 0.1) is 17.5 Å². The first-order chi connectivity index (χ1) is 14.5. The fourth-order valence-electron chi connectivity index (χ4n) is 3.89. The van der Waals surface area contributed by atoms with E-state index in [1.54, 1.807) is 37.8 Å². The Morgan fingerprint density at radius 1 is 1.03 bits per heavy atom. The van der Waals surface area contributed by atoms with Crippen molar-refractivity contribution in [1.29, 1.82) is 0 Å². The van der Waals surface area contributed by atoms with Crippen molar-refractivity contribution in [3.05, 3.63) is 29.8 Å². The molecule has 31 heavy (non-hydrogen) atoms. The molecule has 0 saturated carbocycles. The van der Waals surface area contributed by atoms with E-state index in [4.69, 9.17) is 8.92 Å². The molecule has 2 aliphatic rings. The number of amides is 2. The SMILES string of the molecule is Cc1ccc(S(=O)(=O)O[C@H]2C[C@@H](C(=O)N3CCCCC3)N(C(=O)OC(C)(C)C)C2)cc1. The van der Waals surface area contributed by atoms with E-state index in [0.29, 0.717) is 13.1 Å². The molecule has 2 saturated heterocycles. The average molecular weight is 453 g/mol. The highest BCUT2D eigenvalue weighted by Crippen LogP contribution is 2.28. The van der Waals surface area contributed by atoms with Gasteiger partial charge in [-0.1, -0.05) is 17.7 Å². The van der Waals surface area contributed by atoms with Crippen LogP contribution in [0.15, 0.2) is 29.2 Å². The number of piperidine rings is 1. The predicted molar refractivity (Wildman–Crippen MR) is 115 cm³/mol. The second kappa shape index (κ2) is 9.16. The normalized spacial score (nSPS) is 22.5. The van der Waals surface area contributed by atoms with Gasteiger partial charge in [0.25, 0.3) is 10.1 Å². The molecule has 1 aromatic rings. The zero-order chi connectivity index (χ0) is 22.8. The molecule has 0 spiro atoms. The molecule has 2 aliphatic heterocycles. The molecule has 9 heteroatoms. The van der Waals surface area contributed by atoms with Gasteiger partial charge in [-0.15, -0.1) is 0 Å². The quantitative estimate of drug-likeness (QED) is 0.652. The lowest BCUT2D eigenvalue weighted by molar-refractivity contribution is -0.136. The lowest BCUT2D eigenvalue weighted by Crippen LogP contribution is -2.50. The van der Waals surface area contributed by atoms with E-state index in [9.17, 15) is 18.0 Å². The minimum Gasteiger partial charge on any atom is -0.444 e. The number of benzene rings is 1. The minimum absolute atomic E-state index is 0.0236. The van der Waals surface area contributed by atoms with Crippen molar-refractivity contribution in [2.45, 2.75) is 76.0 Å². The summed E-state index contributed by atoms with van der Waals surface area (Å²) in [6, 6.07) is 5.57. The van der Waals surface area contributed by atoms with Crippen LogP contribution in [-0.2, 0) is 23.8 Å². The molecule has 0 bridgehead atoms. The van der Waals surface area contributed by atoms with Crippen LogP contribution in [0.4, 0.5) is 4.79 Å². The van der Waals surface area contributed by atoms with Crippen LogP contribution >= 0.6 is 0 Å². The van der Waals surface area contributed by atoms with E-state index in [0.717, 1.165) is 24.8 Å². The molecule has 2 atom stereocenters. The van der Waals surface area contributed by atoms with E-state index in [-0.39, 0.29) is 23.8 Å². The van der Waals surface area contributed by atoms with Gasteiger partial charge in [0, 0.05) is 19.5 Å². The Morgan fingerprint density at radius 3 is 2.23 bits per heavy atom. The fraction of sp³-hybridized carbons (Fsp3) is 0.636. The third kappa shape index (κ3) is 5.98. The minimum atomic E-state index is -4.02. The highest BCUT2D eigenvalue weighted by molar-refractivity contribution is 7.86. The van der Waals surface area contributed by atoms with Crippen molar-refractivity contribution in [3.63, 3.8) is 0 Å². The number of hydrogen-bond acceptors (Lipinski definition) is 6. The standard InChI is InChI=1S/C22H32N2O6S/c1-16-8-10-18(11-9-16)31(27,28)30-17-14-19(20(25)23-12-6-5-7-13-23)24(15-17)21(26)29-22(2,3)4/h8-11,17,19H,5-7,12-15H2,1-4H3/t17-,19-/m0/s1. The Bertz CT molecular complexity index is 901. The first kappa shape index (κ1) is 23.5. The van der Waals surface area contributed by atoms with Crippen LogP contribution < -0.4 is 0 Å². The van der Waals surface area contributed by atoms with Crippen molar-refractivity contribution >= 4 is 22.1 Å². The lowest BCUT2D eigenvalue weighted by Gasteiger charge is -2.33. The predicted octanol–water partition coefficient (Wildman–Crippen LogP) is 3.09. The highest BCUT2D eigenvalue weighted by Gasteiger charge is 2.45. The summed E-state index contributed by atoms with van der Waals surface area (Å²) in [7, 11) is -4.02. The van der Waals surface area contributed by atoms with E-state index >= 15 is 0 Å². The molecule has 0 aliphatic carbocycles. The van der Waals surface area contributed by atoms with Gasteiger partial charge in [0.15, 0.2) is 0 Å². The van der Waals surface area contributed by atoms with Crippen molar-refractivity contribution in [1.82, 2.24) is 9.80 Å². The topological polar surface area (TPSA) is 93.2 Å². The van der Waals surface area contributed by atoms with E-state index in [1.165, 1.54) is 17.0 Å². The van der Waals surface area contributed by atoms with Gasteiger partial charge >= 0.3 is 6.09 Å². The largest absolute Gasteiger partial charge is 0.444 e. The number of ether oxygens (including phenoxy) is 1. The first-order valence-corrected chi connectivity index (χ1v) is 12.2. The average Bonchev–Trinajstić information content (AvgIpc) is 3.10. The molecular weight excluding hydrogens is 420 g/mol. The summed E-state index contributed by atoms with van der Waals surface area (Å²) in [6.45, 7) is 8.37. The molecule has 8 nitrogen and oxygen atoms in total. The van der Waals surface area contributed by atoms with Crippen LogP contribution in [0.1, 0.15) is 52.0 Å². The van der Waals surface area contributed by atoms with Crippen molar-refractivity contribution < 1.29 is 26.9 Å². The molecule has 0 aromatic heterocycles. The second-order valence-electron chi connectivity index (χ2n) is 9.26. The van der Waals surface area contributed by atoms with Gasteiger partial charge in [-0.2, -0.15) is 8.42 Å². The van der Waals surface area contributed by atoms with Crippen LogP contribution in [0.3, 0.4) is 0 Å². The van der Waals surface area contributed by atoms with Gasteiger partial charge in [0.1, 0.15) is 11.6 Å². The van der Waals surface area contributed by atoms with Gasteiger partial charge in [0.2, 0.25) is 5.91 Å². The third-order valence-electron chi connectivity index (χ3n) is 5.42. The third-order valence-corrected chi connectivity index (χ3v) is 6.79. The maximum Gasteiger partial charge on any atom is 0.411 e. The van der Waals surface area contributed by atoms with Gasteiger partial charge in [-0.05, 0) is 59.1 Å². The van der Waals surface area contributed by atoms with E-state index < -0.39 is 34.0 Å². The first-order valence-electron chi connectivity index (χ1n) is 10.7. The number of hydrogen-bond donors (Lipinski definition) is 0. The van der Waals surface area contributed by atoms with Crippen molar-refractivity contribution in [2.24, 2.45) is 0 Å². The molecule has 2 amide bonds. The van der Waals surface area contributed by atoms with Crippen LogP contribution in [-0.4, -0.2) is 67.6 Å². The van der Waals surface area contributed by atoms with Crippen LogP contribution in [0.5, 0.6) is 0 Å². The Labute approximate surface area is 184 Å². The number of carbonyl (C=O) groups excluding carboxylic acids is 2. The van der Waals surface area contributed by atoms with Crippen molar-refractivity contribution in [3.8, 4) is 0 Å². The Kier molecular flexibility index (Phi) is 6.95. The Balaban J connectivity index is 1.78. The van der Waals surface area contributed by atoms with Crippen LogP contribution in [0.25, 0.3) is 0 Å². The number of aryl methyl sites for hydroxylation is 1. The van der Waals surface area contributed by atoms with Crippen LogP contribution in [0, 0.1) is 6.92 Å². The number of nitrogens with zero attached hydrogens (tertiary/aromatic N) is 2. The van der Waals surface area contributed by atoms with E-state index in [1.807, 2.05) is 6.92 Å². The second-order valence-corrected chi connectivity index (χ2v) is 10.8. The number of rotatable bonds is 4. The molecule has 3 rings (SSSR count). The van der Waals surface area contributed by atoms with Gasteiger partial charge < -0.3 is 9.64 Å².